The Morgan fingerprint density at radius 2 is 1.90 bits per heavy atom. The molecule has 3 N–H and O–H groups in total. The van der Waals surface area contributed by atoms with Crippen molar-refractivity contribution in [3.05, 3.63) is 46.7 Å². The van der Waals surface area contributed by atoms with Crippen LogP contribution in [0, 0.1) is 13.8 Å². The van der Waals surface area contributed by atoms with Crippen molar-refractivity contribution in [1.82, 2.24) is 4.98 Å². The predicted octanol–water partition coefficient (Wildman–Crippen LogP) is 2.73. The molecule has 0 aliphatic rings. The zero-order valence-corrected chi connectivity index (χ0v) is 12.6. The second kappa shape index (κ2) is 5.30. The van der Waals surface area contributed by atoms with Crippen LogP contribution in [-0.4, -0.2) is 13.4 Å². The summed E-state index contributed by atoms with van der Waals surface area (Å²) in [6.45, 7) is 3.55. The van der Waals surface area contributed by atoms with E-state index in [1.54, 1.807) is 19.2 Å². The lowest BCUT2D eigenvalue weighted by molar-refractivity contribution is 0.601. The quantitative estimate of drug-likeness (QED) is 0.853. The van der Waals surface area contributed by atoms with Gasteiger partial charge < -0.3 is 5.73 Å². The van der Waals surface area contributed by atoms with Crippen molar-refractivity contribution >= 4 is 33.0 Å². The van der Waals surface area contributed by atoms with Crippen molar-refractivity contribution in [2.24, 2.45) is 0 Å². The van der Waals surface area contributed by atoms with Crippen LogP contribution in [0.15, 0.2) is 35.5 Å². The summed E-state index contributed by atoms with van der Waals surface area (Å²) in [5.74, 6) is 0. The van der Waals surface area contributed by atoms with Crippen LogP contribution in [0.2, 0.25) is 5.02 Å². The highest BCUT2D eigenvalue weighted by Gasteiger charge is 2.17. The second-order valence-electron chi connectivity index (χ2n) is 4.48. The van der Waals surface area contributed by atoms with Crippen LogP contribution in [-0.2, 0) is 10.0 Å². The van der Waals surface area contributed by atoms with Gasteiger partial charge in [-0.25, -0.2) is 8.42 Å². The molecule has 0 saturated heterocycles. The lowest BCUT2D eigenvalue weighted by Crippen LogP contribution is -2.14. The molecule has 5 nitrogen and oxygen atoms in total. The molecule has 20 heavy (non-hydrogen) atoms. The first-order chi connectivity index (χ1) is 9.29. The highest BCUT2D eigenvalue weighted by atomic mass is 35.5. The number of anilines is 2. The summed E-state index contributed by atoms with van der Waals surface area (Å²) in [5, 5.41) is 0.313. The number of hydrogen-bond donors (Lipinski definition) is 2. The van der Waals surface area contributed by atoms with Gasteiger partial charge in [0.05, 0.1) is 16.8 Å². The third-order valence-corrected chi connectivity index (χ3v) is 4.55. The third-order valence-electron chi connectivity index (χ3n) is 2.80. The van der Waals surface area contributed by atoms with Crippen molar-refractivity contribution in [2.45, 2.75) is 18.7 Å². The Morgan fingerprint density at radius 3 is 2.50 bits per heavy atom. The van der Waals surface area contributed by atoms with Crippen LogP contribution >= 0.6 is 11.6 Å². The van der Waals surface area contributed by atoms with E-state index in [4.69, 9.17) is 17.3 Å². The summed E-state index contributed by atoms with van der Waals surface area (Å²) in [6, 6.07) is 4.44. The van der Waals surface area contributed by atoms with Crippen molar-refractivity contribution in [3.8, 4) is 0 Å². The second-order valence-corrected chi connectivity index (χ2v) is 6.57. The number of nitrogens with one attached hydrogen (secondary N) is 1. The zero-order valence-electron chi connectivity index (χ0n) is 11.0. The van der Waals surface area contributed by atoms with Gasteiger partial charge in [0.1, 0.15) is 0 Å². The molecular weight excluding hydrogens is 298 g/mol. The van der Waals surface area contributed by atoms with Crippen LogP contribution in [0.5, 0.6) is 0 Å². The van der Waals surface area contributed by atoms with E-state index in [2.05, 4.69) is 9.71 Å². The van der Waals surface area contributed by atoms with E-state index < -0.39 is 10.0 Å². The molecule has 106 valence electrons. The van der Waals surface area contributed by atoms with Crippen LogP contribution in [0.25, 0.3) is 0 Å². The van der Waals surface area contributed by atoms with Crippen molar-refractivity contribution in [2.75, 3.05) is 10.5 Å². The van der Waals surface area contributed by atoms with Crippen LogP contribution in [0.3, 0.4) is 0 Å². The minimum Gasteiger partial charge on any atom is -0.398 e. The van der Waals surface area contributed by atoms with E-state index in [0.29, 0.717) is 22.0 Å². The number of aromatic nitrogens is 1. The Bertz CT molecular complexity index is 737. The first-order valence-corrected chi connectivity index (χ1v) is 7.66. The molecule has 7 heteroatoms. The molecule has 1 aromatic carbocycles. The summed E-state index contributed by atoms with van der Waals surface area (Å²) >= 11 is 5.97. The highest BCUT2D eigenvalue weighted by molar-refractivity contribution is 7.92. The van der Waals surface area contributed by atoms with Crippen LogP contribution < -0.4 is 10.5 Å². The maximum absolute atomic E-state index is 12.3. The van der Waals surface area contributed by atoms with E-state index in [1.807, 2.05) is 6.92 Å². The van der Waals surface area contributed by atoms with Gasteiger partial charge in [-0.1, -0.05) is 11.6 Å². The van der Waals surface area contributed by atoms with E-state index in [0.717, 1.165) is 5.56 Å². The summed E-state index contributed by atoms with van der Waals surface area (Å²) in [4.78, 5) is 3.95. The molecule has 1 aromatic heterocycles. The monoisotopic (exact) mass is 311 g/mol. The largest absolute Gasteiger partial charge is 0.398 e. The van der Waals surface area contributed by atoms with Gasteiger partial charge in [0.25, 0.3) is 10.0 Å². The summed E-state index contributed by atoms with van der Waals surface area (Å²) in [7, 11) is -3.75. The van der Waals surface area contributed by atoms with E-state index >= 15 is 0 Å². The molecule has 0 amide bonds. The number of nitrogens with two attached hydrogens (primary N) is 1. The van der Waals surface area contributed by atoms with Crippen molar-refractivity contribution in [1.29, 1.82) is 0 Å². The summed E-state index contributed by atoms with van der Waals surface area (Å²) in [6.07, 6.45) is 3.07. The molecule has 1 heterocycles. The van der Waals surface area contributed by atoms with Gasteiger partial charge in [-0.2, -0.15) is 0 Å². The van der Waals surface area contributed by atoms with Gasteiger partial charge >= 0.3 is 0 Å². The summed E-state index contributed by atoms with van der Waals surface area (Å²) < 4.78 is 27.0. The number of aryl methyl sites for hydroxylation is 1. The van der Waals surface area contributed by atoms with E-state index in [9.17, 15) is 8.42 Å². The highest BCUT2D eigenvalue weighted by Crippen LogP contribution is 2.27. The lowest BCUT2D eigenvalue weighted by atomic mass is 10.2. The van der Waals surface area contributed by atoms with Crippen molar-refractivity contribution < 1.29 is 8.42 Å². The number of sulfonamides is 1. The molecular formula is C13H14ClN3O2S. The number of pyridine rings is 1. The van der Waals surface area contributed by atoms with Gasteiger partial charge in [0.15, 0.2) is 0 Å². The molecule has 0 spiro atoms. The zero-order chi connectivity index (χ0) is 14.9. The molecule has 0 unspecified atom stereocenters. The number of rotatable bonds is 3. The van der Waals surface area contributed by atoms with Gasteiger partial charge in [-0.3, -0.25) is 9.71 Å². The Labute approximate surface area is 122 Å². The minimum atomic E-state index is -3.75. The Balaban J connectivity index is 2.41. The topological polar surface area (TPSA) is 85.1 Å². The molecule has 2 aromatic rings. The minimum absolute atomic E-state index is 0.0205. The summed E-state index contributed by atoms with van der Waals surface area (Å²) in [5.41, 5.74) is 7.98. The number of nitrogens with zero attached hydrogens (tertiary/aromatic N) is 1. The molecule has 0 bridgehead atoms. The molecule has 0 aliphatic heterocycles. The molecule has 0 saturated carbocycles. The molecule has 2 rings (SSSR count). The standard InChI is InChI=1S/C13H14ClN3O2S/c1-8-3-10(7-16-6-8)17-20(18,19)11-4-12(14)9(2)13(15)5-11/h3-7,17H,15H2,1-2H3. The van der Waals surface area contributed by atoms with Crippen molar-refractivity contribution in [3.63, 3.8) is 0 Å². The van der Waals surface area contributed by atoms with Gasteiger partial charge in [0, 0.05) is 16.9 Å². The third kappa shape index (κ3) is 3.02. The van der Waals surface area contributed by atoms with E-state index in [-0.39, 0.29) is 4.90 Å². The predicted molar refractivity (Wildman–Crippen MR) is 80.4 cm³/mol. The van der Waals surface area contributed by atoms with Gasteiger partial charge in [-0.15, -0.1) is 0 Å². The average Bonchev–Trinajstić information content (AvgIpc) is 2.34. The molecule has 0 fully saturated rings. The molecule has 0 atom stereocenters. The Kier molecular flexibility index (Phi) is 3.87. The number of hydrogen-bond acceptors (Lipinski definition) is 4. The fraction of sp³-hybridized carbons (Fsp3) is 0.154. The molecule has 0 radical (unpaired) electrons. The average molecular weight is 312 g/mol. The lowest BCUT2D eigenvalue weighted by Gasteiger charge is -2.11. The van der Waals surface area contributed by atoms with Gasteiger partial charge in [-0.05, 0) is 43.2 Å². The molecule has 0 aliphatic carbocycles. The first-order valence-electron chi connectivity index (χ1n) is 5.80. The fourth-order valence-electron chi connectivity index (χ4n) is 1.65. The van der Waals surface area contributed by atoms with Gasteiger partial charge in [0.2, 0.25) is 0 Å². The Morgan fingerprint density at radius 1 is 1.20 bits per heavy atom. The number of nitrogen functional groups attached to an aromatic ring is 1. The Hall–Kier alpha value is -1.79. The maximum Gasteiger partial charge on any atom is 0.262 e. The SMILES string of the molecule is Cc1cncc(NS(=O)(=O)c2cc(N)c(C)c(Cl)c2)c1. The maximum atomic E-state index is 12.3. The van der Waals surface area contributed by atoms with Crippen LogP contribution in [0.4, 0.5) is 11.4 Å². The van der Waals surface area contributed by atoms with E-state index in [1.165, 1.54) is 18.3 Å². The number of benzene rings is 1. The first kappa shape index (κ1) is 14.6. The fourth-order valence-corrected chi connectivity index (χ4v) is 3.04. The van der Waals surface area contributed by atoms with Crippen LogP contribution in [0.1, 0.15) is 11.1 Å². The number of halogens is 1. The normalized spacial score (nSPS) is 11.3. The smallest absolute Gasteiger partial charge is 0.262 e.